The minimum absolute atomic E-state index is 0.439. The SMILES string of the molecule is O=C(O)Nc1cc(OCCCCl)c2c(c1)N(Cc1ccccc1)CCO2. The van der Waals surface area contributed by atoms with Gasteiger partial charge in [-0.25, -0.2) is 4.79 Å². The molecule has 138 valence electrons. The zero-order valence-electron chi connectivity index (χ0n) is 14.3. The van der Waals surface area contributed by atoms with Gasteiger partial charge in [-0.2, -0.15) is 0 Å². The number of ether oxygens (including phenoxy) is 2. The number of alkyl halides is 1. The van der Waals surface area contributed by atoms with Crippen LogP contribution in [0, 0.1) is 0 Å². The number of halogens is 1. The Hall–Kier alpha value is -2.60. The average molecular weight is 377 g/mol. The van der Waals surface area contributed by atoms with Crippen LogP contribution in [0.15, 0.2) is 42.5 Å². The number of anilines is 2. The van der Waals surface area contributed by atoms with E-state index in [-0.39, 0.29) is 0 Å². The van der Waals surface area contributed by atoms with Crippen LogP contribution in [0.4, 0.5) is 16.2 Å². The van der Waals surface area contributed by atoms with Gasteiger partial charge in [-0.05, 0) is 18.1 Å². The summed E-state index contributed by atoms with van der Waals surface area (Å²) in [6, 6.07) is 13.5. The summed E-state index contributed by atoms with van der Waals surface area (Å²) in [5.74, 6) is 1.66. The fourth-order valence-electron chi connectivity index (χ4n) is 2.85. The molecule has 26 heavy (non-hydrogen) atoms. The van der Waals surface area contributed by atoms with Crippen molar-refractivity contribution in [2.75, 3.05) is 35.9 Å². The molecule has 3 rings (SSSR count). The first-order valence-corrected chi connectivity index (χ1v) is 8.99. The molecule has 1 aliphatic rings. The lowest BCUT2D eigenvalue weighted by Crippen LogP contribution is -2.32. The molecule has 0 saturated heterocycles. The Labute approximate surface area is 157 Å². The van der Waals surface area contributed by atoms with Gasteiger partial charge in [0.1, 0.15) is 6.61 Å². The van der Waals surface area contributed by atoms with Crippen molar-refractivity contribution in [3.63, 3.8) is 0 Å². The molecule has 7 heteroatoms. The molecule has 0 bridgehead atoms. The Balaban J connectivity index is 1.92. The zero-order valence-corrected chi connectivity index (χ0v) is 15.0. The normalized spacial score (nSPS) is 12.9. The Kier molecular flexibility index (Phi) is 6.07. The highest BCUT2D eigenvalue weighted by atomic mass is 35.5. The first-order chi connectivity index (χ1) is 12.7. The number of carbonyl (C=O) groups is 1. The second-order valence-electron chi connectivity index (χ2n) is 5.90. The molecule has 2 N–H and O–H groups in total. The molecule has 0 atom stereocenters. The quantitative estimate of drug-likeness (QED) is 0.560. The molecule has 0 fully saturated rings. The molecule has 0 saturated carbocycles. The molecular formula is C19H21ClN2O4. The van der Waals surface area contributed by atoms with Gasteiger partial charge in [-0.1, -0.05) is 30.3 Å². The van der Waals surface area contributed by atoms with Crippen molar-refractivity contribution in [2.45, 2.75) is 13.0 Å². The van der Waals surface area contributed by atoms with Crippen LogP contribution in [-0.4, -0.2) is 36.8 Å². The molecule has 1 heterocycles. The number of amides is 1. The largest absolute Gasteiger partial charge is 0.489 e. The highest BCUT2D eigenvalue weighted by Crippen LogP contribution is 2.43. The molecule has 1 aliphatic heterocycles. The maximum Gasteiger partial charge on any atom is 0.409 e. The van der Waals surface area contributed by atoms with E-state index in [0.717, 1.165) is 5.69 Å². The number of hydrogen-bond donors (Lipinski definition) is 2. The van der Waals surface area contributed by atoms with Gasteiger partial charge in [0, 0.05) is 18.5 Å². The minimum atomic E-state index is -1.12. The van der Waals surface area contributed by atoms with Gasteiger partial charge < -0.3 is 19.5 Å². The van der Waals surface area contributed by atoms with Crippen molar-refractivity contribution in [1.29, 1.82) is 0 Å². The third-order valence-electron chi connectivity index (χ3n) is 3.99. The number of rotatable bonds is 7. The Morgan fingerprint density at radius 3 is 2.85 bits per heavy atom. The highest BCUT2D eigenvalue weighted by molar-refractivity contribution is 6.17. The number of nitrogens with zero attached hydrogens (tertiary/aromatic N) is 1. The van der Waals surface area contributed by atoms with E-state index >= 15 is 0 Å². The predicted molar refractivity (Wildman–Crippen MR) is 102 cm³/mol. The molecule has 0 aromatic heterocycles. The number of nitrogens with one attached hydrogen (secondary N) is 1. The summed E-state index contributed by atoms with van der Waals surface area (Å²) in [6.45, 7) is 2.39. The fourth-order valence-corrected chi connectivity index (χ4v) is 2.96. The van der Waals surface area contributed by atoms with E-state index in [4.69, 9.17) is 26.2 Å². The summed E-state index contributed by atoms with van der Waals surface area (Å²) in [7, 11) is 0. The Morgan fingerprint density at radius 1 is 1.31 bits per heavy atom. The third kappa shape index (κ3) is 4.52. The van der Waals surface area contributed by atoms with Gasteiger partial charge in [0.05, 0.1) is 24.5 Å². The molecule has 6 nitrogen and oxygen atoms in total. The number of fused-ring (bicyclic) bond motifs is 1. The Morgan fingerprint density at radius 2 is 2.12 bits per heavy atom. The van der Waals surface area contributed by atoms with E-state index in [9.17, 15) is 4.79 Å². The van der Waals surface area contributed by atoms with Gasteiger partial charge in [0.2, 0.25) is 0 Å². The summed E-state index contributed by atoms with van der Waals surface area (Å²) in [5, 5.41) is 11.5. The monoisotopic (exact) mass is 376 g/mol. The average Bonchev–Trinajstić information content (AvgIpc) is 2.63. The van der Waals surface area contributed by atoms with E-state index in [1.54, 1.807) is 12.1 Å². The smallest absolute Gasteiger partial charge is 0.409 e. The first kappa shape index (κ1) is 18.2. The molecule has 1 amide bonds. The van der Waals surface area contributed by atoms with Crippen molar-refractivity contribution in [1.82, 2.24) is 0 Å². The van der Waals surface area contributed by atoms with Crippen LogP contribution < -0.4 is 19.7 Å². The van der Waals surface area contributed by atoms with Crippen molar-refractivity contribution in [3.8, 4) is 11.5 Å². The number of benzene rings is 2. The van der Waals surface area contributed by atoms with Gasteiger partial charge >= 0.3 is 6.09 Å². The maximum absolute atomic E-state index is 11.1. The molecule has 0 aliphatic carbocycles. The van der Waals surface area contributed by atoms with E-state index in [0.29, 0.717) is 55.8 Å². The van der Waals surface area contributed by atoms with Crippen LogP contribution >= 0.6 is 11.6 Å². The van der Waals surface area contributed by atoms with Gasteiger partial charge in [-0.3, -0.25) is 5.32 Å². The minimum Gasteiger partial charge on any atom is -0.489 e. The molecule has 0 radical (unpaired) electrons. The standard InChI is InChI=1S/C19H21ClN2O4/c20-7-4-9-25-17-12-15(21-19(23)24)11-16-18(17)26-10-8-22(16)13-14-5-2-1-3-6-14/h1-3,5-6,11-12,21H,4,7-10,13H2,(H,23,24). The summed E-state index contributed by atoms with van der Waals surface area (Å²) in [6.07, 6.45) is -0.427. The van der Waals surface area contributed by atoms with E-state index < -0.39 is 6.09 Å². The van der Waals surface area contributed by atoms with E-state index in [2.05, 4.69) is 22.3 Å². The number of carboxylic acid groups (broad SMARTS) is 1. The van der Waals surface area contributed by atoms with Crippen molar-refractivity contribution < 1.29 is 19.4 Å². The van der Waals surface area contributed by atoms with Gasteiger partial charge in [-0.15, -0.1) is 11.6 Å². The summed E-state index contributed by atoms with van der Waals surface area (Å²) >= 11 is 5.72. The lowest BCUT2D eigenvalue weighted by atomic mass is 10.1. The van der Waals surface area contributed by atoms with Crippen LogP contribution in [0.2, 0.25) is 0 Å². The van der Waals surface area contributed by atoms with Crippen LogP contribution in [0.3, 0.4) is 0 Å². The fraction of sp³-hybridized carbons (Fsp3) is 0.316. The van der Waals surface area contributed by atoms with Crippen LogP contribution in [-0.2, 0) is 6.54 Å². The molecule has 0 spiro atoms. The summed E-state index contributed by atoms with van der Waals surface area (Å²) in [5.41, 5.74) is 2.43. The third-order valence-corrected chi connectivity index (χ3v) is 4.25. The summed E-state index contributed by atoms with van der Waals surface area (Å²) < 4.78 is 11.6. The second kappa shape index (κ2) is 8.67. The van der Waals surface area contributed by atoms with Gasteiger partial charge in [0.15, 0.2) is 11.5 Å². The topological polar surface area (TPSA) is 71.0 Å². The van der Waals surface area contributed by atoms with Crippen molar-refractivity contribution >= 4 is 29.1 Å². The second-order valence-corrected chi connectivity index (χ2v) is 6.28. The van der Waals surface area contributed by atoms with Crippen molar-refractivity contribution in [2.24, 2.45) is 0 Å². The van der Waals surface area contributed by atoms with E-state index in [1.807, 2.05) is 18.2 Å². The lowest BCUT2D eigenvalue weighted by molar-refractivity contribution is 0.209. The highest BCUT2D eigenvalue weighted by Gasteiger charge is 2.24. The van der Waals surface area contributed by atoms with Crippen molar-refractivity contribution in [3.05, 3.63) is 48.0 Å². The van der Waals surface area contributed by atoms with Crippen LogP contribution in [0.25, 0.3) is 0 Å². The van der Waals surface area contributed by atoms with Crippen LogP contribution in [0.1, 0.15) is 12.0 Å². The first-order valence-electron chi connectivity index (χ1n) is 8.46. The zero-order chi connectivity index (χ0) is 18.4. The van der Waals surface area contributed by atoms with Crippen LogP contribution in [0.5, 0.6) is 11.5 Å². The van der Waals surface area contributed by atoms with Gasteiger partial charge in [0.25, 0.3) is 0 Å². The van der Waals surface area contributed by atoms with E-state index in [1.165, 1.54) is 5.56 Å². The number of hydrogen-bond acceptors (Lipinski definition) is 4. The molecule has 2 aromatic carbocycles. The molecular weight excluding hydrogens is 356 g/mol. The summed E-state index contributed by atoms with van der Waals surface area (Å²) in [4.78, 5) is 13.2. The maximum atomic E-state index is 11.1. The molecule has 0 unspecified atom stereocenters. The molecule has 2 aromatic rings. The Bertz CT molecular complexity index is 755. The lowest BCUT2D eigenvalue weighted by Gasteiger charge is -2.32. The predicted octanol–water partition coefficient (Wildman–Crippen LogP) is 4.18.